The number of nitrogens with one attached hydrogen (secondary N) is 4. The predicted octanol–water partition coefficient (Wildman–Crippen LogP) is 5.00. The van der Waals surface area contributed by atoms with Crippen molar-refractivity contribution in [1.29, 1.82) is 5.41 Å². The maximum atomic E-state index is 13.5. The maximum absolute atomic E-state index is 13.5. The Hall–Kier alpha value is -3.71. The highest BCUT2D eigenvalue weighted by atomic mass is 16.1. The number of hydrogen-bond acceptors (Lipinski definition) is 5. The van der Waals surface area contributed by atoms with Crippen molar-refractivity contribution < 1.29 is 4.79 Å². The predicted molar refractivity (Wildman–Crippen MR) is 151 cm³/mol. The second-order valence-corrected chi connectivity index (χ2v) is 10.3. The van der Waals surface area contributed by atoms with Gasteiger partial charge in [-0.2, -0.15) is 0 Å². The summed E-state index contributed by atoms with van der Waals surface area (Å²) in [5, 5.41) is 14.7. The summed E-state index contributed by atoms with van der Waals surface area (Å²) in [6, 6.07) is 14.5. The molecule has 4 rings (SSSR count). The number of carbonyl (C=O) groups is 1. The normalized spacial score (nSPS) is 13.6. The van der Waals surface area contributed by atoms with E-state index in [2.05, 4.69) is 44.8 Å². The molecule has 194 valence electrons. The van der Waals surface area contributed by atoms with E-state index in [-0.39, 0.29) is 18.0 Å². The van der Waals surface area contributed by atoms with E-state index < -0.39 is 0 Å². The number of pyridine rings is 1. The molecule has 1 heterocycles. The average Bonchev–Trinajstić information content (AvgIpc) is 3.36. The Morgan fingerprint density at radius 2 is 1.78 bits per heavy atom. The van der Waals surface area contributed by atoms with Gasteiger partial charge in [-0.1, -0.05) is 37.1 Å². The lowest BCUT2D eigenvalue weighted by molar-refractivity contribution is 0.0950. The first-order valence-electron chi connectivity index (χ1n) is 12.9. The number of nitrogens with zero attached hydrogens (tertiary/aromatic N) is 1. The molecule has 0 atom stereocenters. The summed E-state index contributed by atoms with van der Waals surface area (Å²) in [4.78, 5) is 30.9. The Kier molecular flexibility index (Phi) is 8.24. The summed E-state index contributed by atoms with van der Waals surface area (Å²) in [6.45, 7) is 4.68. The van der Waals surface area contributed by atoms with E-state index in [0.29, 0.717) is 22.7 Å². The van der Waals surface area contributed by atoms with Crippen molar-refractivity contribution in [2.24, 2.45) is 0 Å². The quantitative estimate of drug-likeness (QED) is 0.311. The summed E-state index contributed by atoms with van der Waals surface area (Å²) in [5.41, 5.74) is 6.88. The lowest BCUT2D eigenvalue weighted by atomic mass is 9.95. The van der Waals surface area contributed by atoms with E-state index in [0.717, 1.165) is 47.5 Å². The van der Waals surface area contributed by atoms with Gasteiger partial charge in [-0.05, 0) is 81.2 Å². The fourth-order valence-corrected chi connectivity index (χ4v) is 5.11. The third kappa shape index (κ3) is 6.35. The van der Waals surface area contributed by atoms with Gasteiger partial charge in [0.25, 0.3) is 11.5 Å². The topological polar surface area (TPSA) is 101 Å². The van der Waals surface area contributed by atoms with E-state index in [1.165, 1.54) is 24.6 Å². The molecular weight excluding hydrogens is 462 g/mol. The SMILES string of the molecule is Cc1cc(C)c(CNC(=O)c2cc(-c3ccc(CN(C)C)cc3)cc(NC3CCCC3)c2C=N)c(=O)[nH]1. The van der Waals surface area contributed by atoms with Crippen LogP contribution in [0.4, 0.5) is 5.69 Å². The minimum absolute atomic E-state index is 0.118. The molecule has 0 unspecified atom stereocenters. The number of aryl methyl sites for hydroxylation is 2. The number of hydrogen-bond donors (Lipinski definition) is 4. The number of anilines is 1. The van der Waals surface area contributed by atoms with Gasteiger partial charge in [-0.25, -0.2) is 0 Å². The minimum Gasteiger partial charge on any atom is -0.382 e. The molecule has 1 amide bonds. The lowest BCUT2D eigenvalue weighted by Gasteiger charge is -2.20. The molecule has 0 saturated heterocycles. The fraction of sp³-hybridized carbons (Fsp3) is 0.367. The Balaban J connectivity index is 1.69. The zero-order valence-corrected chi connectivity index (χ0v) is 22.2. The molecule has 1 aliphatic carbocycles. The monoisotopic (exact) mass is 499 g/mol. The molecule has 0 aliphatic heterocycles. The molecule has 7 heteroatoms. The highest BCUT2D eigenvalue weighted by Gasteiger charge is 2.21. The summed E-state index contributed by atoms with van der Waals surface area (Å²) < 4.78 is 0. The van der Waals surface area contributed by atoms with Crippen LogP contribution in [0, 0.1) is 19.3 Å². The van der Waals surface area contributed by atoms with Crippen LogP contribution in [0.2, 0.25) is 0 Å². The van der Waals surface area contributed by atoms with Crippen molar-refractivity contribution in [2.45, 2.75) is 58.7 Å². The first-order valence-corrected chi connectivity index (χ1v) is 12.9. The molecule has 3 aromatic rings. The largest absolute Gasteiger partial charge is 0.382 e. The molecule has 0 radical (unpaired) electrons. The van der Waals surface area contributed by atoms with E-state index in [9.17, 15) is 9.59 Å². The number of rotatable bonds is 9. The van der Waals surface area contributed by atoms with Gasteiger partial charge in [-0.15, -0.1) is 0 Å². The van der Waals surface area contributed by atoms with E-state index in [1.54, 1.807) is 0 Å². The van der Waals surface area contributed by atoms with Crippen LogP contribution >= 0.6 is 0 Å². The van der Waals surface area contributed by atoms with Crippen LogP contribution in [-0.4, -0.2) is 42.1 Å². The highest BCUT2D eigenvalue weighted by molar-refractivity contribution is 6.06. The minimum atomic E-state index is -0.307. The van der Waals surface area contributed by atoms with Gasteiger partial charge in [0.15, 0.2) is 0 Å². The van der Waals surface area contributed by atoms with Crippen molar-refractivity contribution in [3.05, 3.63) is 86.3 Å². The van der Waals surface area contributed by atoms with E-state index in [4.69, 9.17) is 5.41 Å². The molecule has 1 aliphatic rings. The molecule has 1 aromatic heterocycles. The zero-order chi connectivity index (χ0) is 26.5. The molecule has 1 saturated carbocycles. The molecule has 0 bridgehead atoms. The zero-order valence-electron chi connectivity index (χ0n) is 22.2. The van der Waals surface area contributed by atoms with Gasteiger partial charge in [0.05, 0.1) is 5.56 Å². The standard InChI is InChI=1S/C30H37N5O2/c1-19-13-20(2)33-30(37)27(19)17-32-29(36)25-14-23(22-11-9-21(10-12-22)18-35(3)4)15-28(26(25)16-31)34-24-7-5-6-8-24/h9-16,24,31,34H,5-8,17-18H2,1-4H3,(H,32,36)(H,33,37). The summed E-state index contributed by atoms with van der Waals surface area (Å²) in [5.74, 6) is -0.307. The second kappa shape index (κ2) is 11.6. The van der Waals surface area contributed by atoms with Crippen LogP contribution in [0.5, 0.6) is 0 Å². The van der Waals surface area contributed by atoms with Crippen LogP contribution in [0.1, 0.15) is 64.0 Å². The van der Waals surface area contributed by atoms with Crippen LogP contribution in [0.25, 0.3) is 11.1 Å². The van der Waals surface area contributed by atoms with E-state index in [1.807, 2.05) is 46.1 Å². The maximum Gasteiger partial charge on any atom is 0.253 e. The van der Waals surface area contributed by atoms with Gasteiger partial charge in [0.1, 0.15) is 0 Å². The summed E-state index contributed by atoms with van der Waals surface area (Å²) in [7, 11) is 4.09. The van der Waals surface area contributed by atoms with Crippen molar-refractivity contribution in [3.63, 3.8) is 0 Å². The second-order valence-electron chi connectivity index (χ2n) is 10.3. The number of carbonyl (C=O) groups excluding carboxylic acids is 1. The molecule has 37 heavy (non-hydrogen) atoms. The number of amides is 1. The van der Waals surface area contributed by atoms with Gasteiger partial charge < -0.3 is 25.9 Å². The Morgan fingerprint density at radius 3 is 2.41 bits per heavy atom. The van der Waals surface area contributed by atoms with Crippen molar-refractivity contribution in [2.75, 3.05) is 19.4 Å². The molecular formula is C30H37N5O2. The summed E-state index contributed by atoms with van der Waals surface area (Å²) >= 11 is 0. The Morgan fingerprint density at radius 1 is 1.08 bits per heavy atom. The molecule has 1 fully saturated rings. The van der Waals surface area contributed by atoms with Crippen molar-refractivity contribution in [3.8, 4) is 11.1 Å². The number of aromatic amines is 1. The smallest absolute Gasteiger partial charge is 0.253 e. The van der Waals surface area contributed by atoms with Gasteiger partial charge in [0, 0.05) is 47.9 Å². The van der Waals surface area contributed by atoms with Crippen LogP contribution in [0.15, 0.2) is 47.3 Å². The first-order chi connectivity index (χ1) is 17.7. The van der Waals surface area contributed by atoms with Gasteiger partial charge >= 0.3 is 0 Å². The van der Waals surface area contributed by atoms with Crippen LogP contribution < -0.4 is 16.2 Å². The molecule has 4 N–H and O–H groups in total. The highest BCUT2D eigenvalue weighted by Crippen LogP contribution is 2.31. The average molecular weight is 500 g/mol. The summed E-state index contributed by atoms with van der Waals surface area (Å²) in [6.07, 6.45) is 5.78. The molecule has 0 spiro atoms. The first kappa shape index (κ1) is 26.4. The third-order valence-electron chi connectivity index (χ3n) is 6.99. The van der Waals surface area contributed by atoms with Gasteiger partial charge in [0.2, 0.25) is 0 Å². The van der Waals surface area contributed by atoms with Crippen molar-refractivity contribution in [1.82, 2.24) is 15.2 Å². The van der Waals surface area contributed by atoms with Crippen LogP contribution in [0.3, 0.4) is 0 Å². The third-order valence-corrected chi connectivity index (χ3v) is 6.99. The lowest BCUT2D eigenvalue weighted by Crippen LogP contribution is -2.29. The Labute approximate surface area is 218 Å². The molecule has 2 aromatic carbocycles. The Bertz CT molecular complexity index is 1340. The fourth-order valence-electron chi connectivity index (χ4n) is 5.11. The number of H-pyrrole nitrogens is 1. The number of aromatic nitrogens is 1. The number of benzene rings is 2. The van der Waals surface area contributed by atoms with Gasteiger partial charge in [-0.3, -0.25) is 9.59 Å². The van der Waals surface area contributed by atoms with E-state index >= 15 is 0 Å². The van der Waals surface area contributed by atoms with Crippen LogP contribution in [-0.2, 0) is 13.1 Å². The van der Waals surface area contributed by atoms with Crippen molar-refractivity contribution >= 4 is 17.8 Å². The molecule has 7 nitrogen and oxygen atoms in total.